The van der Waals surface area contributed by atoms with Crippen molar-refractivity contribution in [2.45, 2.75) is 13.8 Å². The van der Waals surface area contributed by atoms with Crippen molar-refractivity contribution in [1.82, 2.24) is 15.0 Å². The van der Waals surface area contributed by atoms with Crippen molar-refractivity contribution in [3.05, 3.63) is 59.1 Å². The van der Waals surface area contributed by atoms with Crippen LogP contribution in [0.3, 0.4) is 0 Å². The summed E-state index contributed by atoms with van der Waals surface area (Å²) in [7, 11) is 0. The van der Waals surface area contributed by atoms with Crippen LogP contribution in [-0.4, -0.2) is 21.6 Å². The lowest BCUT2D eigenvalue weighted by molar-refractivity contribution is 0.341. The molecule has 0 radical (unpaired) electrons. The van der Waals surface area contributed by atoms with E-state index in [0.717, 1.165) is 27.1 Å². The topological polar surface area (TPSA) is 59.9 Å². The summed E-state index contributed by atoms with van der Waals surface area (Å²) in [5, 5.41) is 3.22. The number of rotatable bonds is 5. The van der Waals surface area contributed by atoms with Crippen molar-refractivity contribution < 1.29 is 4.74 Å². The number of hydrogen-bond donors (Lipinski definition) is 1. The van der Waals surface area contributed by atoms with Crippen LogP contribution < -0.4 is 10.1 Å². The number of halogens is 1. The molecule has 3 aromatic rings. The van der Waals surface area contributed by atoms with E-state index in [9.17, 15) is 0 Å². The normalized spacial score (nSPS) is 10.5. The molecule has 3 heterocycles. The summed E-state index contributed by atoms with van der Waals surface area (Å²) in [6, 6.07) is 9.75. The molecular formula is C18H17BrN4O. The number of aryl methyl sites for hydroxylation is 1. The molecule has 1 N–H and O–H groups in total. The first-order valence-electron chi connectivity index (χ1n) is 7.60. The second kappa shape index (κ2) is 7.40. The molecule has 0 spiro atoms. The lowest BCUT2D eigenvalue weighted by Gasteiger charge is -2.13. The third kappa shape index (κ3) is 3.89. The number of hydrogen-bond acceptors (Lipinski definition) is 5. The van der Waals surface area contributed by atoms with Crippen LogP contribution in [0.2, 0.25) is 0 Å². The molecule has 0 saturated heterocycles. The van der Waals surface area contributed by atoms with Crippen molar-refractivity contribution in [3.8, 4) is 16.9 Å². The highest BCUT2D eigenvalue weighted by molar-refractivity contribution is 9.10. The molecule has 122 valence electrons. The van der Waals surface area contributed by atoms with Gasteiger partial charge >= 0.3 is 0 Å². The van der Waals surface area contributed by atoms with E-state index >= 15 is 0 Å². The highest BCUT2D eigenvalue weighted by Gasteiger charge is 2.10. The first-order chi connectivity index (χ1) is 11.7. The molecule has 0 bridgehead atoms. The molecule has 24 heavy (non-hydrogen) atoms. The Hall–Kier alpha value is -2.47. The number of anilines is 2. The third-order valence-electron chi connectivity index (χ3n) is 3.33. The van der Waals surface area contributed by atoms with Gasteiger partial charge in [0.15, 0.2) is 11.6 Å². The van der Waals surface area contributed by atoms with E-state index in [0.29, 0.717) is 18.2 Å². The van der Waals surface area contributed by atoms with Crippen molar-refractivity contribution in [3.63, 3.8) is 0 Å². The van der Waals surface area contributed by atoms with Crippen LogP contribution >= 0.6 is 15.9 Å². The monoisotopic (exact) mass is 384 g/mol. The molecule has 0 atom stereocenters. The Labute approximate surface area is 149 Å². The number of pyridine rings is 3. The van der Waals surface area contributed by atoms with Gasteiger partial charge in [-0.05, 0) is 54.0 Å². The van der Waals surface area contributed by atoms with E-state index in [-0.39, 0.29) is 0 Å². The van der Waals surface area contributed by atoms with Gasteiger partial charge in [0.1, 0.15) is 5.82 Å². The number of nitrogens with zero attached hydrogens (tertiary/aromatic N) is 3. The van der Waals surface area contributed by atoms with E-state index in [1.54, 1.807) is 18.6 Å². The predicted octanol–water partition coefficient (Wildman–Crippen LogP) is 4.75. The number of ether oxygens (including phenoxy) is 1. The van der Waals surface area contributed by atoms with Crippen LogP contribution in [-0.2, 0) is 0 Å². The smallest absolute Gasteiger partial charge is 0.174 e. The number of aromatic nitrogens is 3. The predicted molar refractivity (Wildman–Crippen MR) is 98.6 cm³/mol. The summed E-state index contributed by atoms with van der Waals surface area (Å²) >= 11 is 3.44. The Morgan fingerprint density at radius 3 is 2.71 bits per heavy atom. The van der Waals surface area contributed by atoms with Gasteiger partial charge in [-0.2, -0.15) is 0 Å². The largest absolute Gasteiger partial charge is 0.490 e. The molecule has 0 saturated carbocycles. The van der Waals surface area contributed by atoms with Gasteiger partial charge in [0, 0.05) is 39.9 Å². The molecule has 0 aromatic carbocycles. The van der Waals surface area contributed by atoms with Crippen LogP contribution in [0.15, 0.2) is 53.4 Å². The third-order valence-corrected chi connectivity index (χ3v) is 3.76. The van der Waals surface area contributed by atoms with Gasteiger partial charge in [-0.3, -0.25) is 4.98 Å². The Bertz CT molecular complexity index is 854. The minimum atomic E-state index is 0.553. The van der Waals surface area contributed by atoms with Crippen molar-refractivity contribution in [1.29, 1.82) is 0 Å². The zero-order valence-electron chi connectivity index (χ0n) is 13.5. The minimum absolute atomic E-state index is 0.553. The summed E-state index contributed by atoms with van der Waals surface area (Å²) in [5.74, 6) is 2.06. The Balaban J connectivity index is 1.95. The quantitative estimate of drug-likeness (QED) is 0.687. The molecule has 0 aliphatic rings. The van der Waals surface area contributed by atoms with E-state index in [4.69, 9.17) is 4.74 Å². The SMILES string of the molecule is CCOc1cc(-c2cncc(Br)c2)cnc1Nc1cccc(C)n1. The second-order valence-electron chi connectivity index (χ2n) is 5.18. The summed E-state index contributed by atoms with van der Waals surface area (Å²) in [6.07, 6.45) is 5.34. The first-order valence-corrected chi connectivity index (χ1v) is 8.39. The standard InChI is InChI=1S/C18H17BrN4O/c1-3-24-16-8-14(13-7-15(19)11-20-9-13)10-21-18(16)23-17-6-4-5-12(2)22-17/h4-11H,3H2,1-2H3,(H,21,22,23). The van der Waals surface area contributed by atoms with Gasteiger partial charge < -0.3 is 10.1 Å². The van der Waals surface area contributed by atoms with Crippen LogP contribution in [0.5, 0.6) is 5.75 Å². The Morgan fingerprint density at radius 1 is 1.12 bits per heavy atom. The second-order valence-corrected chi connectivity index (χ2v) is 6.10. The van der Waals surface area contributed by atoms with E-state index < -0.39 is 0 Å². The van der Waals surface area contributed by atoms with Gasteiger partial charge in [-0.25, -0.2) is 9.97 Å². The molecule has 6 heteroatoms. The summed E-state index contributed by atoms with van der Waals surface area (Å²) in [6.45, 7) is 4.45. The average Bonchev–Trinajstić information content (AvgIpc) is 2.57. The van der Waals surface area contributed by atoms with E-state index in [2.05, 4.69) is 36.2 Å². The molecule has 5 nitrogen and oxygen atoms in total. The molecule has 0 aliphatic carbocycles. The molecule has 0 fully saturated rings. The maximum atomic E-state index is 5.75. The van der Waals surface area contributed by atoms with E-state index in [1.165, 1.54) is 0 Å². The van der Waals surface area contributed by atoms with Crippen LogP contribution in [0.25, 0.3) is 11.1 Å². The number of nitrogens with one attached hydrogen (secondary N) is 1. The minimum Gasteiger partial charge on any atom is -0.490 e. The highest BCUT2D eigenvalue weighted by Crippen LogP contribution is 2.31. The zero-order chi connectivity index (χ0) is 16.9. The fraction of sp³-hybridized carbons (Fsp3) is 0.167. The summed E-state index contributed by atoms with van der Waals surface area (Å²) in [5.41, 5.74) is 2.85. The van der Waals surface area contributed by atoms with Crippen LogP contribution in [0.4, 0.5) is 11.6 Å². The van der Waals surface area contributed by atoms with Gasteiger partial charge in [-0.1, -0.05) is 6.07 Å². The molecule has 0 amide bonds. The van der Waals surface area contributed by atoms with Gasteiger partial charge in [0.05, 0.1) is 6.61 Å². The van der Waals surface area contributed by atoms with Crippen molar-refractivity contribution >= 4 is 27.6 Å². The zero-order valence-corrected chi connectivity index (χ0v) is 15.0. The van der Waals surface area contributed by atoms with E-state index in [1.807, 2.05) is 44.2 Å². The maximum Gasteiger partial charge on any atom is 0.174 e. The average molecular weight is 385 g/mol. The molecule has 3 rings (SSSR count). The molecule has 0 aliphatic heterocycles. The summed E-state index contributed by atoms with van der Waals surface area (Å²) in [4.78, 5) is 13.1. The Kier molecular flexibility index (Phi) is 5.05. The van der Waals surface area contributed by atoms with Crippen LogP contribution in [0, 0.1) is 6.92 Å². The van der Waals surface area contributed by atoms with Gasteiger partial charge in [0.25, 0.3) is 0 Å². The Morgan fingerprint density at radius 2 is 1.96 bits per heavy atom. The lowest BCUT2D eigenvalue weighted by Crippen LogP contribution is -2.02. The highest BCUT2D eigenvalue weighted by atomic mass is 79.9. The first kappa shape index (κ1) is 16.4. The fourth-order valence-electron chi connectivity index (χ4n) is 2.27. The molecule has 0 unspecified atom stereocenters. The van der Waals surface area contributed by atoms with Crippen LogP contribution in [0.1, 0.15) is 12.6 Å². The summed E-state index contributed by atoms with van der Waals surface area (Å²) < 4.78 is 6.67. The van der Waals surface area contributed by atoms with Gasteiger partial charge in [-0.15, -0.1) is 0 Å². The molecular weight excluding hydrogens is 368 g/mol. The van der Waals surface area contributed by atoms with Gasteiger partial charge in [0.2, 0.25) is 0 Å². The fourth-order valence-corrected chi connectivity index (χ4v) is 2.63. The molecule has 3 aromatic heterocycles. The van der Waals surface area contributed by atoms with Crippen molar-refractivity contribution in [2.24, 2.45) is 0 Å². The maximum absolute atomic E-state index is 5.75. The van der Waals surface area contributed by atoms with Crippen molar-refractivity contribution in [2.75, 3.05) is 11.9 Å². The lowest BCUT2D eigenvalue weighted by atomic mass is 10.1.